The minimum absolute atomic E-state index is 0.113. The van der Waals surface area contributed by atoms with Crippen molar-refractivity contribution < 1.29 is 18.5 Å². The van der Waals surface area contributed by atoms with Crippen molar-refractivity contribution in [3.05, 3.63) is 0 Å². The van der Waals surface area contributed by atoms with Gasteiger partial charge in [0, 0.05) is 20.1 Å². The second-order valence-corrected chi connectivity index (χ2v) is 8.21. The van der Waals surface area contributed by atoms with Crippen LogP contribution in [0, 0.1) is 0 Å². The first-order valence-electron chi connectivity index (χ1n) is 7.51. The number of nitrogens with zero attached hydrogens (tertiary/aromatic N) is 1. The largest absolute Gasteiger partial charge is 0.444 e. The molecular formula is C14H27N3O4S. The maximum absolute atomic E-state index is 12.5. The lowest BCUT2D eigenvalue weighted by Crippen LogP contribution is -2.47. The van der Waals surface area contributed by atoms with Gasteiger partial charge in [-0.25, -0.2) is 13.3 Å². The van der Waals surface area contributed by atoms with Crippen molar-refractivity contribution in [3.63, 3.8) is 0 Å². The maximum Gasteiger partial charge on any atom is 0.407 e. The second kappa shape index (κ2) is 7.92. The molecule has 1 aliphatic rings. The number of nitrogens with one attached hydrogen (secondary N) is 2. The van der Waals surface area contributed by atoms with Crippen LogP contribution in [0.5, 0.6) is 0 Å². The van der Waals surface area contributed by atoms with E-state index in [0.29, 0.717) is 13.0 Å². The van der Waals surface area contributed by atoms with Gasteiger partial charge in [-0.1, -0.05) is 0 Å². The number of ether oxygens (including phenoxy) is 1. The minimum atomic E-state index is -1.33. The number of hydrogen-bond acceptors (Lipinski definition) is 4. The molecule has 0 aromatic rings. The smallest absolute Gasteiger partial charge is 0.407 e. The van der Waals surface area contributed by atoms with Gasteiger partial charge in [0.15, 0.2) is 0 Å². The van der Waals surface area contributed by atoms with Crippen molar-refractivity contribution in [1.29, 1.82) is 0 Å². The van der Waals surface area contributed by atoms with E-state index in [2.05, 4.69) is 10.6 Å². The van der Waals surface area contributed by atoms with E-state index in [-0.39, 0.29) is 23.7 Å². The summed E-state index contributed by atoms with van der Waals surface area (Å²) in [5.74, 6) is -0.113. The van der Waals surface area contributed by atoms with Crippen LogP contribution in [0.2, 0.25) is 0 Å². The highest BCUT2D eigenvalue weighted by atomic mass is 32.2. The van der Waals surface area contributed by atoms with E-state index in [1.54, 1.807) is 39.0 Å². The Morgan fingerprint density at radius 2 is 2.05 bits per heavy atom. The van der Waals surface area contributed by atoms with Crippen LogP contribution >= 0.6 is 0 Å². The van der Waals surface area contributed by atoms with Gasteiger partial charge >= 0.3 is 6.09 Å². The fourth-order valence-corrected chi connectivity index (χ4v) is 3.68. The van der Waals surface area contributed by atoms with E-state index in [4.69, 9.17) is 4.74 Å². The van der Waals surface area contributed by atoms with Crippen molar-refractivity contribution in [2.75, 3.05) is 20.1 Å². The number of carbonyl (C=O) groups excluding carboxylic acids is 2. The third kappa shape index (κ3) is 5.57. The molecule has 1 fully saturated rings. The highest BCUT2D eigenvalue weighted by Crippen LogP contribution is 2.21. The van der Waals surface area contributed by atoms with Crippen molar-refractivity contribution in [2.45, 2.75) is 57.4 Å². The summed E-state index contributed by atoms with van der Waals surface area (Å²) in [6, 6.07) is -0.352. The molecule has 3 atom stereocenters. The molecule has 1 heterocycles. The molecule has 1 rings (SSSR count). The van der Waals surface area contributed by atoms with Crippen LogP contribution in [0.3, 0.4) is 0 Å². The molecular weight excluding hydrogens is 306 g/mol. The van der Waals surface area contributed by atoms with Crippen LogP contribution in [0.15, 0.2) is 0 Å². The number of likely N-dealkylation sites (N-methyl/N-ethyl adjacent to an activating group) is 1. The molecule has 128 valence electrons. The predicted octanol–water partition coefficient (Wildman–Crippen LogP) is 0.774. The summed E-state index contributed by atoms with van der Waals surface area (Å²) in [7, 11) is 0.249. The van der Waals surface area contributed by atoms with E-state index in [1.165, 1.54) is 0 Å². The standard InChI is InChI=1S/C14H27N3O4S/c1-10(9-16-13(19)21-14(2,3)4)22(20)17-8-6-7-11(17)12(18)15-5/h10-11H,6-9H2,1-5H3,(H,15,18)(H,16,19)/t10-,11+,22?/m1/s1. The van der Waals surface area contributed by atoms with Gasteiger partial charge in [0.25, 0.3) is 0 Å². The third-order valence-electron chi connectivity index (χ3n) is 3.26. The molecule has 1 unspecified atom stereocenters. The molecule has 0 spiro atoms. The Morgan fingerprint density at radius 3 is 2.59 bits per heavy atom. The average Bonchev–Trinajstić information content (AvgIpc) is 2.90. The summed E-state index contributed by atoms with van der Waals surface area (Å²) in [5.41, 5.74) is -0.564. The number of carbonyl (C=O) groups is 2. The van der Waals surface area contributed by atoms with Crippen molar-refractivity contribution >= 4 is 23.0 Å². The number of rotatable bonds is 5. The van der Waals surface area contributed by atoms with Crippen LogP contribution in [-0.4, -0.2) is 57.5 Å². The highest BCUT2D eigenvalue weighted by Gasteiger charge is 2.35. The van der Waals surface area contributed by atoms with Crippen LogP contribution in [0.25, 0.3) is 0 Å². The summed E-state index contributed by atoms with van der Waals surface area (Å²) < 4.78 is 19.4. The zero-order valence-corrected chi connectivity index (χ0v) is 14.8. The quantitative estimate of drug-likeness (QED) is 0.778. The van der Waals surface area contributed by atoms with Gasteiger partial charge in [-0.2, -0.15) is 0 Å². The molecule has 22 heavy (non-hydrogen) atoms. The summed E-state index contributed by atoms with van der Waals surface area (Å²) in [4.78, 5) is 23.4. The van der Waals surface area contributed by atoms with Crippen LogP contribution in [-0.2, 0) is 20.5 Å². The Balaban J connectivity index is 2.51. The molecule has 2 amide bonds. The lowest BCUT2D eigenvalue weighted by Gasteiger charge is -2.26. The highest BCUT2D eigenvalue weighted by molar-refractivity contribution is 7.83. The molecule has 8 heteroatoms. The van der Waals surface area contributed by atoms with Crippen LogP contribution in [0.1, 0.15) is 40.5 Å². The van der Waals surface area contributed by atoms with Crippen molar-refractivity contribution in [3.8, 4) is 0 Å². The first-order chi connectivity index (χ1) is 10.2. The average molecular weight is 333 g/mol. The van der Waals surface area contributed by atoms with E-state index >= 15 is 0 Å². The first-order valence-corrected chi connectivity index (χ1v) is 8.68. The molecule has 2 N–H and O–H groups in total. The maximum atomic E-state index is 12.5. The lowest BCUT2D eigenvalue weighted by molar-refractivity contribution is -0.123. The zero-order chi connectivity index (χ0) is 16.9. The number of alkyl carbamates (subject to hydrolysis) is 1. The molecule has 0 saturated carbocycles. The fraction of sp³-hybridized carbons (Fsp3) is 0.857. The monoisotopic (exact) mass is 333 g/mol. The minimum Gasteiger partial charge on any atom is -0.444 e. The molecule has 0 aliphatic carbocycles. The van der Waals surface area contributed by atoms with Gasteiger partial charge in [0.2, 0.25) is 5.91 Å². The summed E-state index contributed by atoms with van der Waals surface area (Å²) in [6.45, 7) is 8.00. The summed E-state index contributed by atoms with van der Waals surface area (Å²) in [5, 5.41) is 4.93. The van der Waals surface area contributed by atoms with Gasteiger partial charge in [-0.3, -0.25) is 4.79 Å². The molecule has 0 bridgehead atoms. The summed E-state index contributed by atoms with van der Waals surface area (Å²) in [6.07, 6.45) is 1.02. The van der Waals surface area contributed by atoms with Gasteiger partial charge < -0.3 is 15.4 Å². The van der Waals surface area contributed by atoms with Gasteiger partial charge in [0.05, 0.1) is 16.2 Å². The Hall–Kier alpha value is -1.15. The first kappa shape index (κ1) is 18.9. The third-order valence-corrected chi connectivity index (χ3v) is 5.02. The van der Waals surface area contributed by atoms with Gasteiger partial charge in [0.1, 0.15) is 11.6 Å². The van der Waals surface area contributed by atoms with E-state index in [1.807, 2.05) is 0 Å². The van der Waals surface area contributed by atoms with E-state index < -0.39 is 22.7 Å². The number of hydrogen-bond donors (Lipinski definition) is 2. The normalized spacial score (nSPS) is 22.0. The molecule has 0 aromatic heterocycles. The lowest BCUT2D eigenvalue weighted by atomic mass is 10.2. The van der Waals surface area contributed by atoms with Gasteiger partial charge in [-0.15, -0.1) is 0 Å². The predicted molar refractivity (Wildman–Crippen MR) is 85.6 cm³/mol. The molecule has 0 radical (unpaired) electrons. The Kier molecular flexibility index (Phi) is 6.80. The molecule has 1 saturated heterocycles. The van der Waals surface area contributed by atoms with Gasteiger partial charge in [-0.05, 0) is 40.5 Å². The SMILES string of the molecule is CNC(=O)[C@@H]1CCCN1S(=O)[C@H](C)CNC(=O)OC(C)(C)C. The number of amides is 2. The van der Waals surface area contributed by atoms with E-state index in [9.17, 15) is 13.8 Å². The summed E-state index contributed by atoms with van der Waals surface area (Å²) >= 11 is 0. The second-order valence-electron chi connectivity index (χ2n) is 6.38. The fourth-order valence-electron chi connectivity index (χ4n) is 2.23. The van der Waals surface area contributed by atoms with Crippen LogP contribution < -0.4 is 10.6 Å². The molecule has 1 aliphatic heterocycles. The molecule has 0 aromatic carbocycles. The van der Waals surface area contributed by atoms with Crippen LogP contribution in [0.4, 0.5) is 4.79 Å². The zero-order valence-electron chi connectivity index (χ0n) is 14.0. The Labute approximate surface area is 134 Å². The Bertz CT molecular complexity index is 436. The van der Waals surface area contributed by atoms with E-state index in [0.717, 1.165) is 6.42 Å². The van der Waals surface area contributed by atoms with Crippen molar-refractivity contribution in [2.24, 2.45) is 0 Å². The Morgan fingerprint density at radius 1 is 1.41 bits per heavy atom. The molecule has 7 nitrogen and oxygen atoms in total. The topological polar surface area (TPSA) is 87.7 Å². The van der Waals surface area contributed by atoms with Crippen molar-refractivity contribution in [1.82, 2.24) is 14.9 Å².